The summed E-state index contributed by atoms with van der Waals surface area (Å²) in [6.45, 7) is 7.44. The van der Waals surface area contributed by atoms with Crippen LogP contribution in [0.1, 0.15) is 40.0 Å². The van der Waals surface area contributed by atoms with Crippen LogP contribution in [0.2, 0.25) is 0 Å². The number of amides is 1. The van der Waals surface area contributed by atoms with Gasteiger partial charge in [0.25, 0.3) is 0 Å². The minimum atomic E-state index is -0.747. The van der Waals surface area contributed by atoms with Crippen LogP contribution >= 0.6 is 0 Å². The number of nitrogens with zero attached hydrogens (tertiary/aromatic N) is 2. The minimum Gasteiger partial charge on any atom is -0.389 e. The standard InChI is InChI=1S/C13H26N2O2/c1-11-7-5-6-8-15(11)12(16)9-14(4)10-13(2,3)17/h11,17H,5-10H2,1-4H3. The van der Waals surface area contributed by atoms with Gasteiger partial charge in [0.1, 0.15) is 0 Å². The van der Waals surface area contributed by atoms with Gasteiger partial charge in [-0.2, -0.15) is 0 Å². The molecule has 4 heteroatoms. The molecule has 0 saturated carbocycles. The lowest BCUT2D eigenvalue weighted by Gasteiger charge is -2.35. The van der Waals surface area contributed by atoms with Crippen LogP contribution in [0, 0.1) is 0 Å². The zero-order valence-electron chi connectivity index (χ0n) is 11.6. The zero-order chi connectivity index (χ0) is 13.1. The molecule has 100 valence electrons. The van der Waals surface area contributed by atoms with E-state index >= 15 is 0 Å². The average Bonchev–Trinajstić information content (AvgIpc) is 2.14. The lowest BCUT2D eigenvalue weighted by molar-refractivity contribution is -0.135. The van der Waals surface area contributed by atoms with Crippen molar-refractivity contribution in [3.8, 4) is 0 Å². The van der Waals surface area contributed by atoms with Gasteiger partial charge in [0.05, 0.1) is 12.1 Å². The Balaban J connectivity index is 2.42. The molecule has 0 bridgehead atoms. The second-order valence-corrected chi connectivity index (χ2v) is 5.92. The normalized spacial score (nSPS) is 22.0. The topological polar surface area (TPSA) is 43.8 Å². The Bertz CT molecular complexity index is 261. The number of rotatable bonds is 4. The van der Waals surface area contributed by atoms with Crippen molar-refractivity contribution in [3.63, 3.8) is 0 Å². The van der Waals surface area contributed by atoms with Crippen molar-refractivity contribution in [1.29, 1.82) is 0 Å². The number of carbonyl (C=O) groups excluding carboxylic acids is 1. The van der Waals surface area contributed by atoms with Gasteiger partial charge in [-0.1, -0.05) is 0 Å². The molecule has 1 aliphatic heterocycles. The predicted octanol–water partition coefficient (Wildman–Crippen LogP) is 1.09. The van der Waals surface area contributed by atoms with Crippen molar-refractivity contribution in [3.05, 3.63) is 0 Å². The highest BCUT2D eigenvalue weighted by atomic mass is 16.3. The molecule has 1 aliphatic rings. The van der Waals surface area contributed by atoms with Crippen LogP contribution in [0.5, 0.6) is 0 Å². The van der Waals surface area contributed by atoms with E-state index in [1.807, 2.05) is 16.8 Å². The molecule has 1 amide bonds. The molecule has 0 radical (unpaired) electrons. The van der Waals surface area contributed by atoms with Gasteiger partial charge >= 0.3 is 0 Å². The second-order valence-electron chi connectivity index (χ2n) is 5.92. The Hall–Kier alpha value is -0.610. The van der Waals surface area contributed by atoms with Crippen molar-refractivity contribution >= 4 is 5.91 Å². The molecule has 0 aromatic rings. The molecular formula is C13H26N2O2. The van der Waals surface area contributed by atoms with Gasteiger partial charge in [-0.3, -0.25) is 9.69 Å². The second kappa shape index (κ2) is 5.83. The molecule has 0 aliphatic carbocycles. The SMILES string of the molecule is CC1CCCCN1C(=O)CN(C)CC(C)(C)O. The summed E-state index contributed by atoms with van der Waals surface area (Å²) in [5.41, 5.74) is -0.747. The molecule has 1 N–H and O–H groups in total. The lowest BCUT2D eigenvalue weighted by atomic mass is 10.0. The molecule has 0 aromatic heterocycles. The fraction of sp³-hybridized carbons (Fsp3) is 0.923. The number of piperidine rings is 1. The molecule has 1 atom stereocenters. The van der Waals surface area contributed by atoms with E-state index in [4.69, 9.17) is 0 Å². The van der Waals surface area contributed by atoms with Crippen molar-refractivity contribution in [2.75, 3.05) is 26.7 Å². The number of aliphatic hydroxyl groups is 1. The van der Waals surface area contributed by atoms with Gasteiger partial charge in [-0.25, -0.2) is 0 Å². The first-order chi connectivity index (χ1) is 7.79. The molecule has 0 spiro atoms. The van der Waals surface area contributed by atoms with Crippen LogP contribution in [-0.4, -0.2) is 59.1 Å². The van der Waals surface area contributed by atoms with Crippen LogP contribution in [0.3, 0.4) is 0 Å². The maximum Gasteiger partial charge on any atom is 0.236 e. The summed E-state index contributed by atoms with van der Waals surface area (Å²) >= 11 is 0. The van der Waals surface area contributed by atoms with Crippen LogP contribution in [0.25, 0.3) is 0 Å². The zero-order valence-corrected chi connectivity index (χ0v) is 11.6. The van der Waals surface area contributed by atoms with Crippen LogP contribution in [0.4, 0.5) is 0 Å². The molecule has 1 rings (SSSR count). The smallest absolute Gasteiger partial charge is 0.236 e. The van der Waals surface area contributed by atoms with E-state index in [1.165, 1.54) is 6.42 Å². The lowest BCUT2D eigenvalue weighted by Crippen LogP contribution is -2.48. The summed E-state index contributed by atoms with van der Waals surface area (Å²) < 4.78 is 0. The first kappa shape index (κ1) is 14.5. The van der Waals surface area contributed by atoms with E-state index in [-0.39, 0.29) is 5.91 Å². The van der Waals surface area contributed by atoms with Crippen molar-refractivity contribution in [2.45, 2.75) is 51.7 Å². The van der Waals surface area contributed by atoms with Gasteiger partial charge in [0.15, 0.2) is 0 Å². The van der Waals surface area contributed by atoms with Gasteiger partial charge in [0.2, 0.25) is 5.91 Å². The highest BCUT2D eigenvalue weighted by molar-refractivity contribution is 5.78. The Morgan fingerprint density at radius 2 is 2.12 bits per heavy atom. The molecule has 1 fully saturated rings. The number of likely N-dealkylation sites (tertiary alicyclic amines) is 1. The molecule has 4 nitrogen and oxygen atoms in total. The molecule has 1 saturated heterocycles. The van der Waals surface area contributed by atoms with Gasteiger partial charge < -0.3 is 10.0 Å². The Morgan fingerprint density at radius 1 is 1.47 bits per heavy atom. The maximum absolute atomic E-state index is 12.1. The summed E-state index contributed by atoms with van der Waals surface area (Å²) in [5.74, 6) is 0.184. The Morgan fingerprint density at radius 3 is 2.65 bits per heavy atom. The highest BCUT2D eigenvalue weighted by Crippen LogP contribution is 2.16. The molecule has 17 heavy (non-hydrogen) atoms. The van der Waals surface area contributed by atoms with Crippen LogP contribution in [0.15, 0.2) is 0 Å². The fourth-order valence-electron chi connectivity index (χ4n) is 2.51. The predicted molar refractivity (Wildman–Crippen MR) is 68.8 cm³/mol. The number of likely N-dealkylation sites (N-methyl/N-ethyl adjacent to an activating group) is 1. The number of hydrogen-bond acceptors (Lipinski definition) is 3. The monoisotopic (exact) mass is 242 g/mol. The van der Waals surface area contributed by atoms with E-state index < -0.39 is 5.60 Å². The average molecular weight is 242 g/mol. The van der Waals surface area contributed by atoms with Gasteiger partial charge in [-0.05, 0) is 47.1 Å². The van der Waals surface area contributed by atoms with Gasteiger partial charge in [0, 0.05) is 19.1 Å². The van der Waals surface area contributed by atoms with Crippen molar-refractivity contribution in [2.24, 2.45) is 0 Å². The first-order valence-corrected chi connectivity index (χ1v) is 6.50. The third-order valence-corrected chi connectivity index (χ3v) is 3.19. The van der Waals surface area contributed by atoms with Crippen molar-refractivity contribution in [1.82, 2.24) is 9.80 Å². The summed E-state index contributed by atoms with van der Waals surface area (Å²) in [4.78, 5) is 16.0. The van der Waals surface area contributed by atoms with E-state index in [1.54, 1.807) is 13.8 Å². The Labute approximate surface area is 105 Å². The molecule has 1 heterocycles. The van der Waals surface area contributed by atoms with E-state index in [2.05, 4.69) is 6.92 Å². The fourth-order valence-corrected chi connectivity index (χ4v) is 2.51. The van der Waals surface area contributed by atoms with E-state index in [9.17, 15) is 9.90 Å². The van der Waals surface area contributed by atoms with Crippen LogP contribution < -0.4 is 0 Å². The third kappa shape index (κ3) is 5.04. The number of carbonyl (C=O) groups is 1. The highest BCUT2D eigenvalue weighted by Gasteiger charge is 2.25. The maximum atomic E-state index is 12.1. The van der Waals surface area contributed by atoms with E-state index in [0.717, 1.165) is 19.4 Å². The third-order valence-electron chi connectivity index (χ3n) is 3.19. The van der Waals surface area contributed by atoms with Crippen LogP contribution in [-0.2, 0) is 4.79 Å². The largest absolute Gasteiger partial charge is 0.389 e. The Kier molecular flexibility index (Phi) is 4.95. The summed E-state index contributed by atoms with van der Waals surface area (Å²) in [5, 5.41) is 9.70. The molecular weight excluding hydrogens is 216 g/mol. The minimum absolute atomic E-state index is 0.184. The molecule has 1 unspecified atom stereocenters. The summed E-state index contributed by atoms with van der Waals surface area (Å²) in [6.07, 6.45) is 3.46. The van der Waals surface area contributed by atoms with Crippen molar-refractivity contribution < 1.29 is 9.90 Å². The summed E-state index contributed by atoms with van der Waals surface area (Å²) in [7, 11) is 1.88. The quantitative estimate of drug-likeness (QED) is 0.802. The molecule has 0 aromatic carbocycles. The summed E-state index contributed by atoms with van der Waals surface area (Å²) in [6, 6.07) is 0.367. The first-order valence-electron chi connectivity index (χ1n) is 6.50. The van der Waals surface area contributed by atoms with Gasteiger partial charge in [-0.15, -0.1) is 0 Å². The van der Waals surface area contributed by atoms with E-state index in [0.29, 0.717) is 19.1 Å². The number of hydrogen-bond donors (Lipinski definition) is 1.